The van der Waals surface area contributed by atoms with E-state index in [1.54, 1.807) is 6.33 Å². The van der Waals surface area contributed by atoms with E-state index in [0.29, 0.717) is 5.92 Å². The van der Waals surface area contributed by atoms with E-state index >= 15 is 0 Å². The Hall–Kier alpha value is -0.900. The van der Waals surface area contributed by atoms with Gasteiger partial charge in [-0.15, -0.1) is 0 Å². The van der Waals surface area contributed by atoms with Crippen LogP contribution in [0.4, 0.5) is 0 Å². The van der Waals surface area contributed by atoms with Crippen LogP contribution in [0.1, 0.15) is 26.1 Å². The zero-order valence-electron chi connectivity index (χ0n) is 8.27. The summed E-state index contributed by atoms with van der Waals surface area (Å²) in [6.45, 7) is 5.20. The molecule has 1 aromatic rings. The fraction of sp³-hybridized carbons (Fsp3) is 0.778. The molecule has 0 aromatic carbocycles. The molecule has 1 heterocycles. The topological polar surface area (TPSA) is 50.9 Å². The minimum atomic E-state index is 0.250. The number of aliphatic hydroxyl groups excluding tert-OH is 1. The molecule has 0 saturated carbocycles. The Morgan fingerprint density at radius 2 is 2.38 bits per heavy atom. The van der Waals surface area contributed by atoms with Crippen molar-refractivity contribution in [1.82, 2.24) is 14.8 Å². The molecule has 0 aliphatic carbocycles. The lowest BCUT2D eigenvalue weighted by atomic mass is 10.1. The number of hydrogen-bond acceptors (Lipinski definition) is 3. The van der Waals surface area contributed by atoms with Crippen LogP contribution in [0.2, 0.25) is 0 Å². The fourth-order valence-corrected chi connectivity index (χ4v) is 1.21. The molecule has 0 bridgehead atoms. The van der Waals surface area contributed by atoms with E-state index in [1.807, 2.05) is 18.5 Å². The van der Waals surface area contributed by atoms with Gasteiger partial charge in [0, 0.05) is 19.6 Å². The number of aromatic nitrogens is 3. The highest BCUT2D eigenvalue weighted by Gasteiger charge is 2.05. The molecule has 13 heavy (non-hydrogen) atoms. The second-order valence-electron chi connectivity index (χ2n) is 3.32. The maximum Gasteiger partial charge on any atom is 0.138 e. The molecule has 74 valence electrons. The first kappa shape index (κ1) is 10.2. The minimum Gasteiger partial charge on any atom is -0.396 e. The van der Waals surface area contributed by atoms with E-state index in [1.165, 1.54) is 0 Å². The normalized spacial score (nSPS) is 13.2. The van der Waals surface area contributed by atoms with Crippen molar-refractivity contribution in [2.45, 2.75) is 33.2 Å². The predicted octanol–water partition coefficient (Wildman–Crippen LogP) is 0.859. The molecule has 4 heteroatoms. The Balaban J connectivity index is 2.44. The lowest BCUT2D eigenvalue weighted by molar-refractivity contribution is 0.229. The average molecular weight is 183 g/mol. The molecule has 0 saturated heterocycles. The highest BCUT2D eigenvalue weighted by atomic mass is 16.3. The number of rotatable bonds is 5. The van der Waals surface area contributed by atoms with Crippen molar-refractivity contribution in [3.8, 4) is 0 Å². The summed E-state index contributed by atoms with van der Waals surface area (Å²) in [5.74, 6) is 1.37. The van der Waals surface area contributed by atoms with Crippen molar-refractivity contribution in [1.29, 1.82) is 0 Å². The molecule has 4 nitrogen and oxygen atoms in total. The predicted molar refractivity (Wildman–Crippen MR) is 50.3 cm³/mol. The third-order valence-corrected chi connectivity index (χ3v) is 2.17. The minimum absolute atomic E-state index is 0.250. The smallest absolute Gasteiger partial charge is 0.138 e. The highest BCUT2D eigenvalue weighted by molar-refractivity contribution is 4.84. The van der Waals surface area contributed by atoms with Gasteiger partial charge < -0.3 is 5.11 Å². The third kappa shape index (κ3) is 2.81. The van der Waals surface area contributed by atoms with Gasteiger partial charge >= 0.3 is 0 Å². The van der Waals surface area contributed by atoms with Gasteiger partial charge in [-0.2, -0.15) is 5.10 Å². The van der Waals surface area contributed by atoms with Crippen molar-refractivity contribution in [3.63, 3.8) is 0 Å². The van der Waals surface area contributed by atoms with Crippen molar-refractivity contribution < 1.29 is 5.11 Å². The van der Waals surface area contributed by atoms with E-state index < -0.39 is 0 Å². The summed E-state index contributed by atoms with van der Waals surface area (Å²) in [6, 6.07) is 0. The van der Waals surface area contributed by atoms with Crippen LogP contribution in [0.3, 0.4) is 0 Å². The van der Waals surface area contributed by atoms with E-state index in [4.69, 9.17) is 5.11 Å². The molecule has 0 aliphatic rings. The van der Waals surface area contributed by atoms with Gasteiger partial charge in [0.2, 0.25) is 0 Å². The van der Waals surface area contributed by atoms with Crippen LogP contribution < -0.4 is 0 Å². The monoisotopic (exact) mass is 183 g/mol. The van der Waals surface area contributed by atoms with Crippen LogP contribution in [-0.4, -0.2) is 26.5 Å². The first-order chi connectivity index (χ1) is 6.27. The molecular weight excluding hydrogens is 166 g/mol. The van der Waals surface area contributed by atoms with Crippen molar-refractivity contribution in [2.24, 2.45) is 5.92 Å². The molecule has 1 rings (SSSR count). The van der Waals surface area contributed by atoms with Crippen molar-refractivity contribution >= 4 is 0 Å². The largest absolute Gasteiger partial charge is 0.396 e. The second-order valence-corrected chi connectivity index (χ2v) is 3.32. The SMILES string of the molecule is CCn1ncnc1CCC(C)CO. The first-order valence-corrected chi connectivity index (χ1v) is 4.75. The molecule has 0 fully saturated rings. The second kappa shape index (κ2) is 4.97. The number of nitrogens with zero attached hydrogens (tertiary/aromatic N) is 3. The summed E-state index contributed by atoms with van der Waals surface area (Å²) in [6.07, 6.45) is 3.45. The Kier molecular flexibility index (Phi) is 3.89. The summed E-state index contributed by atoms with van der Waals surface area (Å²) in [5.41, 5.74) is 0. The molecule has 1 aromatic heterocycles. The summed E-state index contributed by atoms with van der Waals surface area (Å²) in [5, 5.41) is 12.9. The van der Waals surface area contributed by atoms with Crippen LogP contribution in [0.5, 0.6) is 0 Å². The maximum atomic E-state index is 8.85. The summed E-state index contributed by atoms with van der Waals surface area (Å²) >= 11 is 0. The Morgan fingerprint density at radius 3 is 3.00 bits per heavy atom. The van der Waals surface area contributed by atoms with E-state index in [0.717, 1.165) is 25.2 Å². The van der Waals surface area contributed by atoms with Crippen molar-refractivity contribution in [2.75, 3.05) is 6.61 Å². The summed E-state index contributed by atoms with van der Waals surface area (Å²) < 4.78 is 1.89. The van der Waals surface area contributed by atoms with Crippen LogP contribution in [0.15, 0.2) is 6.33 Å². The quantitative estimate of drug-likeness (QED) is 0.736. The molecule has 0 aliphatic heterocycles. The first-order valence-electron chi connectivity index (χ1n) is 4.75. The Morgan fingerprint density at radius 1 is 1.62 bits per heavy atom. The lowest BCUT2D eigenvalue weighted by Crippen LogP contribution is -2.07. The van der Waals surface area contributed by atoms with E-state index in [2.05, 4.69) is 10.1 Å². The third-order valence-electron chi connectivity index (χ3n) is 2.17. The van der Waals surface area contributed by atoms with Crippen LogP contribution in [-0.2, 0) is 13.0 Å². The molecule has 0 spiro atoms. The zero-order chi connectivity index (χ0) is 9.68. The average Bonchev–Trinajstić information content (AvgIpc) is 2.61. The van der Waals surface area contributed by atoms with Gasteiger partial charge in [-0.3, -0.25) is 4.68 Å². The van der Waals surface area contributed by atoms with Crippen LogP contribution in [0.25, 0.3) is 0 Å². The molecule has 1 N–H and O–H groups in total. The Labute approximate surface area is 78.6 Å². The molecule has 1 atom stereocenters. The number of aryl methyl sites for hydroxylation is 2. The van der Waals surface area contributed by atoms with E-state index in [-0.39, 0.29) is 6.61 Å². The van der Waals surface area contributed by atoms with Crippen LogP contribution in [0, 0.1) is 5.92 Å². The maximum absolute atomic E-state index is 8.85. The number of hydrogen-bond donors (Lipinski definition) is 1. The Bertz CT molecular complexity index is 247. The van der Waals surface area contributed by atoms with Gasteiger partial charge in [-0.1, -0.05) is 6.92 Å². The fourth-order valence-electron chi connectivity index (χ4n) is 1.21. The van der Waals surface area contributed by atoms with Gasteiger partial charge in [0.15, 0.2) is 0 Å². The van der Waals surface area contributed by atoms with Crippen LogP contribution >= 0.6 is 0 Å². The van der Waals surface area contributed by atoms with Gasteiger partial charge in [-0.05, 0) is 19.3 Å². The number of aliphatic hydroxyl groups is 1. The standard InChI is InChI=1S/C9H17N3O/c1-3-12-9(10-7-11-12)5-4-8(2)6-13/h7-8,13H,3-6H2,1-2H3. The molecule has 0 radical (unpaired) electrons. The zero-order valence-corrected chi connectivity index (χ0v) is 8.27. The summed E-state index contributed by atoms with van der Waals surface area (Å²) in [7, 11) is 0. The molecule has 0 amide bonds. The lowest BCUT2D eigenvalue weighted by Gasteiger charge is -2.07. The van der Waals surface area contributed by atoms with E-state index in [9.17, 15) is 0 Å². The van der Waals surface area contributed by atoms with Gasteiger partial charge in [-0.25, -0.2) is 4.98 Å². The molecule has 1 unspecified atom stereocenters. The van der Waals surface area contributed by atoms with Crippen molar-refractivity contribution in [3.05, 3.63) is 12.2 Å². The van der Waals surface area contributed by atoms with Gasteiger partial charge in [0.1, 0.15) is 12.2 Å². The highest BCUT2D eigenvalue weighted by Crippen LogP contribution is 2.06. The summed E-state index contributed by atoms with van der Waals surface area (Å²) in [4.78, 5) is 4.16. The molecular formula is C9H17N3O. The van der Waals surface area contributed by atoms with Gasteiger partial charge in [0.25, 0.3) is 0 Å². The van der Waals surface area contributed by atoms with Gasteiger partial charge in [0.05, 0.1) is 0 Å².